The average Bonchev–Trinajstić information content (AvgIpc) is 3.18. The van der Waals surface area contributed by atoms with E-state index in [2.05, 4.69) is 15.5 Å². The van der Waals surface area contributed by atoms with Gasteiger partial charge in [-0.25, -0.2) is 8.42 Å². The summed E-state index contributed by atoms with van der Waals surface area (Å²) in [7, 11) is -2.98. The zero-order chi connectivity index (χ0) is 16.4. The van der Waals surface area contributed by atoms with Gasteiger partial charge in [0.2, 0.25) is 11.8 Å². The van der Waals surface area contributed by atoms with Crippen LogP contribution in [0.3, 0.4) is 0 Å². The third kappa shape index (κ3) is 3.89. The molecular formula is C14H22N4O4S. The summed E-state index contributed by atoms with van der Waals surface area (Å²) in [5, 5.41) is 6.84. The number of hydrogen-bond acceptors (Lipinski definition) is 7. The molecule has 23 heavy (non-hydrogen) atoms. The van der Waals surface area contributed by atoms with Crippen LogP contribution in [-0.2, 0) is 21.1 Å². The lowest BCUT2D eigenvalue weighted by molar-refractivity contribution is -0.123. The van der Waals surface area contributed by atoms with Crippen LogP contribution in [0.5, 0.6) is 0 Å². The van der Waals surface area contributed by atoms with Crippen LogP contribution in [0.25, 0.3) is 0 Å². The topological polar surface area (TPSA) is 105 Å². The van der Waals surface area contributed by atoms with Crippen LogP contribution in [0.4, 0.5) is 0 Å². The number of likely N-dealkylation sites (tertiary alicyclic amines) is 1. The van der Waals surface area contributed by atoms with Gasteiger partial charge >= 0.3 is 0 Å². The van der Waals surface area contributed by atoms with Crippen molar-refractivity contribution in [1.82, 2.24) is 20.4 Å². The summed E-state index contributed by atoms with van der Waals surface area (Å²) < 4.78 is 28.0. The first-order valence-electron chi connectivity index (χ1n) is 8.03. The monoisotopic (exact) mass is 342 g/mol. The van der Waals surface area contributed by atoms with Gasteiger partial charge in [-0.3, -0.25) is 9.69 Å². The third-order valence-corrected chi connectivity index (χ3v) is 6.16. The highest BCUT2D eigenvalue weighted by Crippen LogP contribution is 2.29. The van der Waals surface area contributed by atoms with Crippen LogP contribution in [0.1, 0.15) is 43.9 Å². The second kappa shape index (κ2) is 6.56. The van der Waals surface area contributed by atoms with E-state index in [-0.39, 0.29) is 36.0 Å². The minimum atomic E-state index is -2.98. The number of aryl methyl sites for hydroxylation is 1. The van der Waals surface area contributed by atoms with E-state index in [1.807, 2.05) is 11.8 Å². The first-order chi connectivity index (χ1) is 11.0. The number of carbonyl (C=O) groups excluding carboxylic acids is 1. The molecule has 9 heteroatoms. The van der Waals surface area contributed by atoms with Crippen molar-refractivity contribution in [2.75, 3.05) is 24.6 Å². The zero-order valence-corrected chi connectivity index (χ0v) is 14.0. The molecule has 3 heterocycles. The van der Waals surface area contributed by atoms with E-state index in [9.17, 15) is 13.2 Å². The maximum atomic E-state index is 12.2. The maximum Gasteiger partial charge on any atom is 0.234 e. The van der Waals surface area contributed by atoms with Crippen molar-refractivity contribution in [3.8, 4) is 0 Å². The van der Waals surface area contributed by atoms with Crippen molar-refractivity contribution in [3.63, 3.8) is 0 Å². The number of sulfone groups is 1. The van der Waals surface area contributed by atoms with Crippen LogP contribution in [0.15, 0.2) is 4.52 Å². The van der Waals surface area contributed by atoms with E-state index in [0.29, 0.717) is 24.6 Å². The Hall–Kier alpha value is -1.48. The Balaban J connectivity index is 1.57. The number of carbonyl (C=O) groups is 1. The number of rotatable bonds is 5. The standard InChI is InChI=1S/C14H22N4O4S/c1-2-13-16-14(17-22-13)11-4-3-6-18(11)8-12(19)15-10-5-7-23(20,21)9-10/h10-11H,2-9H2,1H3,(H,15,19)/t10-,11-/m0/s1. The number of nitrogens with zero attached hydrogens (tertiary/aromatic N) is 3. The highest BCUT2D eigenvalue weighted by atomic mass is 32.2. The lowest BCUT2D eigenvalue weighted by Crippen LogP contribution is -2.42. The molecule has 0 saturated carbocycles. The fraction of sp³-hybridized carbons (Fsp3) is 0.786. The van der Waals surface area contributed by atoms with Gasteiger partial charge in [-0.05, 0) is 25.8 Å². The van der Waals surface area contributed by atoms with E-state index >= 15 is 0 Å². The predicted octanol–water partition coefficient (Wildman–Crippen LogP) is 0.0722. The molecule has 0 bridgehead atoms. The van der Waals surface area contributed by atoms with Crippen LogP contribution in [0.2, 0.25) is 0 Å². The van der Waals surface area contributed by atoms with Crippen molar-refractivity contribution in [3.05, 3.63) is 11.7 Å². The first-order valence-corrected chi connectivity index (χ1v) is 9.85. The lowest BCUT2D eigenvalue weighted by Gasteiger charge is -2.22. The maximum absolute atomic E-state index is 12.2. The van der Waals surface area contributed by atoms with Gasteiger partial charge in [0.1, 0.15) is 0 Å². The van der Waals surface area contributed by atoms with Crippen molar-refractivity contribution in [1.29, 1.82) is 0 Å². The zero-order valence-electron chi connectivity index (χ0n) is 13.2. The van der Waals surface area contributed by atoms with E-state index in [1.165, 1.54) is 0 Å². The molecule has 2 atom stereocenters. The Kier molecular flexibility index (Phi) is 4.67. The Labute approximate surface area is 135 Å². The van der Waals surface area contributed by atoms with Gasteiger partial charge in [0.15, 0.2) is 15.7 Å². The Bertz CT molecular complexity index is 672. The lowest BCUT2D eigenvalue weighted by atomic mass is 10.2. The summed E-state index contributed by atoms with van der Waals surface area (Å²) in [6.07, 6.45) is 3.07. The molecule has 0 aromatic carbocycles. The van der Waals surface area contributed by atoms with E-state index in [4.69, 9.17) is 4.52 Å². The van der Waals surface area contributed by atoms with E-state index < -0.39 is 9.84 Å². The summed E-state index contributed by atoms with van der Waals surface area (Å²) in [6, 6.07) is -0.262. The molecule has 128 valence electrons. The number of hydrogen-bond donors (Lipinski definition) is 1. The van der Waals surface area contributed by atoms with Crippen molar-refractivity contribution >= 4 is 15.7 Å². The minimum Gasteiger partial charge on any atom is -0.351 e. The van der Waals surface area contributed by atoms with Gasteiger partial charge in [-0.2, -0.15) is 4.98 Å². The van der Waals surface area contributed by atoms with Gasteiger partial charge in [0, 0.05) is 12.5 Å². The number of nitrogens with one attached hydrogen (secondary N) is 1. The second-order valence-corrected chi connectivity index (χ2v) is 8.42. The third-order valence-electron chi connectivity index (χ3n) is 4.39. The average molecular weight is 342 g/mol. The normalized spacial score (nSPS) is 27.3. The molecule has 3 rings (SSSR count). The molecule has 1 aromatic heterocycles. The number of amides is 1. The molecule has 8 nitrogen and oxygen atoms in total. The highest BCUT2D eigenvalue weighted by Gasteiger charge is 2.33. The van der Waals surface area contributed by atoms with Crippen molar-refractivity contribution < 1.29 is 17.7 Å². The molecule has 2 aliphatic heterocycles. The van der Waals surface area contributed by atoms with Crippen LogP contribution in [0, 0.1) is 0 Å². The summed E-state index contributed by atoms with van der Waals surface area (Å²) in [5.74, 6) is 1.31. The smallest absolute Gasteiger partial charge is 0.234 e. The van der Waals surface area contributed by atoms with E-state index in [1.54, 1.807) is 0 Å². The predicted molar refractivity (Wildman–Crippen MR) is 82.4 cm³/mol. The summed E-state index contributed by atoms with van der Waals surface area (Å²) in [6.45, 7) is 2.99. The molecule has 2 fully saturated rings. The van der Waals surface area contributed by atoms with Gasteiger partial charge in [0.05, 0.1) is 24.1 Å². The molecule has 0 unspecified atom stereocenters. The SMILES string of the molecule is CCc1nc([C@@H]2CCCN2CC(=O)N[C@H]2CCS(=O)(=O)C2)no1. The van der Waals surface area contributed by atoms with Crippen LogP contribution in [-0.4, -0.2) is 60.0 Å². The first kappa shape index (κ1) is 16.4. The summed E-state index contributed by atoms with van der Waals surface area (Å²) >= 11 is 0. The van der Waals surface area contributed by atoms with Gasteiger partial charge in [0.25, 0.3) is 0 Å². The van der Waals surface area contributed by atoms with Gasteiger partial charge < -0.3 is 9.84 Å². The van der Waals surface area contributed by atoms with Gasteiger partial charge in [-0.1, -0.05) is 12.1 Å². The van der Waals surface area contributed by atoms with Crippen LogP contribution < -0.4 is 5.32 Å². The molecular weight excluding hydrogens is 320 g/mol. The molecule has 0 aliphatic carbocycles. The molecule has 0 radical (unpaired) electrons. The number of aromatic nitrogens is 2. The Morgan fingerprint density at radius 3 is 2.91 bits per heavy atom. The van der Waals surface area contributed by atoms with Gasteiger partial charge in [-0.15, -0.1) is 0 Å². The molecule has 2 saturated heterocycles. The molecule has 1 aromatic rings. The molecule has 1 N–H and O–H groups in total. The largest absolute Gasteiger partial charge is 0.351 e. The second-order valence-electron chi connectivity index (χ2n) is 6.20. The fourth-order valence-electron chi connectivity index (χ4n) is 3.22. The highest BCUT2D eigenvalue weighted by molar-refractivity contribution is 7.91. The Morgan fingerprint density at radius 1 is 1.43 bits per heavy atom. The van der Waals surface area contributed by atoms with Crippen LogP contribution >= 0.6 is 0 Å². The summed E-state index contributed by atoms with van der Waals surface area (Å²) in [4.78, 5) is 18.6. The van der Waals surface area contributed by atoms with Crippen molar-refractivity contribution in [2.24, 2.45) is 0 Å². The molecule has 2 aliphatic rings. The molecule has 0 spiro atoms. The quantitative estimate of drug-likeness (QED) is 0.807. The fourth-order valence-corrected chi connectivity index (χ4v) is 4.89. The minimum absolute atomic E-state index is 0.00268. The van der Waals surface area contributed by atoms with E-state index in [0.717, 1.165) is 19.4 Å². The summed E-state index contributed by atoms with van der Waals surface area (Å²) in [5.41, 5.74) is 0. The van der Waals surface area contributed by atoms with Crippen molar-refractivity contribution in [2.45, 2.75) is 44.7 Å². The molecule has 1 amide bonds. The Morgan fingerprint density at radius 2 is 2.26 bits per heavy atom.